The molecule has 2 rings (SSSR count). The third-order valence-electron chi connectivity index (χ3n) is 2.88. The predicted molar refractivity (Wildman–Crippen MR) is 63.3 cm³/mol. The van der Waals surface area contributed by atoms with Crippen molar-refractivity contribution in [2.24, 2.45) is 5.41 Å². The summed E-state index contributed by atoms with van der Waals surface area (Å²) in [7, 11) is 0. The number of rotatable bonds is 3. The highest BCUT2D eigenvalue weighted by atomic mass is 32.1. The van der Waals surface area contributed by atoms with Gasteiger partial charge in [-0.2, -0.15) is 4.37 Å². The summed E-state index contributed by atoms with van der Waals surface area (Å²) in [5, 5.41) is 7.77. The minimum atomic E-state index is 0.359. The highest BCUT2D eigenvalue weighted by Gasteiger charge is 2.26. The fourth-order valence-corrected chi connectivity index (χ4v) is 2.50. The average Bonchev–Trinajstić information content (AvgIpc) is 2.63. The minimum absolute atomic E-state index is 0.359. The molecule has 0 aromatic carbocycles. The highest BCUT2D eigenvalue weighted by molar-refractivity contribution is 7.09. The first-order valence-electron chi connectivity index (χ1n) is 5.43. The Bertz CT molecular complexity index is 317. The molecule has 0 saturated carbocycles. The van der Waals surface area contributed by atoms with Gasteiger partial charge < -0.3 is 10.6 Å². The zero-order valence-corrected chi connectivity index (χ0v) is 10.2. The predicted octanol–water partition coefficient (Wildman–Crippen LogP) is 1.65. The lowest BCUT2D eigenvalue weighted by Crippen LogP contribution is -2.42. The Morgan fingerprint density at radius 2 is 2.47 bits per heavy atom. The molecule has 1 unspecified atom stereocenters. The number of nitrogens with zero attached hydrogens (tertiary/aromatic N) is 2. The van der Waals surface area contributed by atoms with E-state index in [9.17, 15) is 0 Å². The van der Waals surface area contributed by atoms with Gasteiger partial charge in [0.2, 0.25) is 5.13 Å². The number of aryl methyl sites for hydroxylation is 1. The number of anilines is 1. The molecule has 15 heavy (non-hydrogen) atoms. The van der Waals surface area contributed by atoms with E-state index < -0.39 is 0 Å². The van der Waals surface area contributed by atoms with Crippen LogP contribution in [0, 0.1) is 12.3 Å². The van der Waals surface area contributed by atoms with Crippen molar-refractivity contribution in [1.29, 1.82) is 0 Å². The van der Waals surface area contributed by atoms with Gasteiger partial charge in [-0.05, 0) is 31.7 Å². The van der Waals surface area contributed by atoms with E-state index in [0.29, 0.717) is 5.41 Å². The first kappa shape index (κ1) is 10.8. The second kappa shape index (κ2) is 4.45. The maximum absolute atomic E-state index is 4.30. The summed E-state index contributed by atoms with van der Waals surface area (Å²) < 4.78 is 4.16. The van der Waals surface area contributed by atoms with Gasteiger partial charge in [-0.1, -0.05) is 6.92 Å². The number of aromatic nitrogens is 2. The van der Waals surface area contributed by atoms with Crippen LogP contribution in [0.4, 0.5) is 5.13 Å². The van der Waals surface area contributed by atoms with Gasteiger partial charge in [-0.15, -0.1) is 0 Å². The molecule has 1 aromatic heterocycles. The van der Waals surface area contributed by atoms with Crippen LogP contribution in [-0.4, -0.2) is 29.0 Å². The number of piperidine rings is 1. The van der Waals surface area contributed by atoms with Gasteiger partial charge in [0.1, 0.15) is 5.82 Å². The zero-order valence-electron chi connectivity index (χ0n) is 9.34. The van der Waals surface area contributed by atoms with Crippen molar-refractivity contribution in [3.63, 3.8) is 0 Å². The minimum Gasteiger partial charge on any atom is -0.360 e. The van der Waals surface area contributed by atoms with Crippen molar-refractivity contribution in [3.05, 3.63) is 5.82 Å². The summed E-state index contributed by atoms with van der Waals surface area (Å²) in [6.45, 7) is 7.48. The van der Waals surface area contributed by atoms with Crippen LogP contribution in [0.2, 0.25) is 0 Å². The molecule has 1 aromatic rings. The first-order chi connectivity index (χ1) is 7.18. The number of hydrogen-bond donors (Lipinski definition) is 2. The fraction of sp³-hybridized carbons (Fsp3) is 0.800. The van der Waals surface area contributed by atoms with E-state index in [1.807, 2.05) is 6.92 Å². The van der Waals surface area contributed by atoms with E-state index in [2.05, 4.69) is 26.9 Å². The van der Waals surface area contributed by atoms with Crippen LogP contribution in [-0.2, 0) is 0 Å². The monoisotopic (exact) mass is 226 g/mol. The molecule has 0 spiro atoms. The molecule has 0 bridgehead atoms. The van der Waals surface area contributed by atoms with Crippen LogP contribution in [0.15, 0.2) is 0 Å². The Morgan fingerprint density at radius 3 is 3.07 bits per heavy atom. The van der Waals surface area contributed by atoms with Gasteiger partial charge in [0.15, 0.2) is 0 Å². The molecular formula is C10H18N4S. The molecule has 0 amide bonds. The van der Waals surface area contributed by atoms with Crippen molar-refractivity contribution in [2.45, 2.75) is 26.7 Å². The molecule has 4 nitrogen and oxygen atoms in total. The van der Waals surface area contributed by atoms with Crippen LogP contribution in [0.3, 0.4) is 0 Å². The van der Waals surface area contributed by atoms with Gasteiger partial charge >= 0.3 is 0 Å². The van der Waals surface area contributed by atoms with E-state index >= 15 is 0 Å². The summed E-state index contributed by atoms with van der Waals surface area (Å²) in [6, 6.07) is 0. The van der Waals surface area contributed by atoms with E-state index in [0.717, 1.165) is 30.6 Å². The number of nitrogens with one attached hydrogen (secondary N) is 2. The summed E-state index contributed by atoms with van der Waals surface area (Å²) in [4.78, 5) is 4.30. The lowest BCUT2D eigenvalue weighted by Gasteiger charge is -2.34. The van der Waals surface area contributed by atoms with Gasteiger partial charge in [0.25, 0.3) is 0 Å². The molecular weight excluding hydrogens is 208 g/mol. The van der Waals surface area contributed by atoms with Gasteiger partial charge in [0, 0.05) is 24.6 Å². The lowest BCUT2D eigenvalue weighted by atomic mass is 9.83. The maximum Gasteiger partial charge on any atom is 0.202 e. The Morgan fingerprint density at radius 1 is 1.60 bits per heavy atom. The van der Waals surface area contributed by atoms with Crippen molar-refractivity contribution in [2.75, 3.05) is 25.0 Å². The smallest absolute Gasteiger partial charge is 0.202 e. The Balaban J connectivity index is 1.86. The molecule has 1 fully saturated rings. The number of hydrogen-bond acceptors (Lipinski definition) is 5. The first-order valence-corrected chi connectivity index (χ1v) is 6.20. The van der Waals surface area contributed by atoms with E-state index in [-0.39, 0.29) is 0 Å². The second-order valence-electron chi connectivity index (χ2n) is 4.59. The molecule has 0 aliphatic carbocycles. The van der Waals surface area contributed by atoms with Crippen LogP contribution in [0.5, 0.6) is 0 Å². The van der Waals surface area contributed by atoms with Crippen LogP contribution < -0.4 is 10.6 Å². The van der Waals surface area contributed by atoms with Crippen LogP contribution >= 0.6 is 11.5 Å². The normalized spacial score (nSPS) is 26.5. The molecule has 84 valence electrons. The van der Waals surface area contributed by atoms with E-state index in [1.54, 1.807) is 0 Å². The Hall–Kier alpha value is -0.680. The van der Waals surface area contributed by atoms with Crippen molar-refractivity contribution < 1.29 is 0 Å². The lowest BCUT2D eigenvalue weighted by molar-refractivity contribution is 0.253. The molecule has 1 saturated heterocycles. The third-order valence-corrected chi connectivity index (χ3v) is 3.64. The maximum atomic E-state index is 4.30. The molecule has 1 aliphatic rings. The molecule has 1 aliphatic heterocycles. The molecule has 2 heterocycles. The van der Waals surface area contributed by atoms with E-state index in [4.69, 9.17) is 0 Å². The van der Waals surface area contributed by atoms with Crippen molar-refractivity contribution >= 4 is 16.7 Å². The topological polar surface area (TPSA) is 49.8 Å². The van der Waals surface area contributed by atoms with Crippen LogP contribution in [0.1, 0.15) is 25.6 Å². The standard InChI is InChI=1S/C10H18N4S/c1-8-13-9(15-14-8)12-7-10(2)4-3-5-11-6-10/h11H,3-7H2,1-2H3,(H,12,13,14). The quantitative estimate of drug-likeness (QED) is 0.823. The molecule has 0 radical (unpaired) electrons. The summed E-state index contributed by atoms with van der Waals surface area (Å²) in [6.07, 6.45) is 2.55. The summed E-state index contributed by atoms with van der Waals surface area (Å²) in [5.74, 6) is 0.856. The third kappa shape index (κ3) is 2.89. The summed E-state index contributed by atoms with van der Waals surface area (Å²) >= 11 is 1.44. The SMILES string of the molecule is Cc1nsc(NCC2(C)CCCNC2)n1. The fourth-order valence-electron chi connectivity index (χ4n) is 1.93. The zero-order chi connectivity index (χ0) is 10.7. The van der Waals surface area contributed by atoms with Crippen molar-refractivity contribution in [3.8, 4) is 0 Å². The largest absolute Gasteiger partial charge is 0.360 e. The van der Waals surface area contributed by atoms with Gasteiger partial charge in [-0.3, -0.25) is 0 Å². The summed E-state index contributed by atoms with van der Waals surface area (Å²) in [5.41, 5.74) is 0.359. The van der Waals surface area contributed by atoms with E-state index in [1.165, 1.54) is 24.4 Å². The molecule has 1 atom stereocenters. The Kier molecular flexibility index (Phi) is 3.21. The van der Waals surface area contributed by atoms with Crippen molar-refractivity contribution in [1.82, 2.24) is 14.7 Å². The highest BCUT2D eigenvalue weighted by Crippen LogP contribution is 2.26. The van der Waals surface area contributed by atoms with Gasteiger partial charge in [0.05, 0.1) is 0 Å². The second-order valence-corrected chi connectivity index (χ2v) is 5.34. The average molecular weight is 226 g/mol. The van der Waals surface area contributed by atoms with Gasteiger partial charge in [-0.25, -0.2) is 4.98 Å². The molecule has 5 heteroatoms. The Labute approximate surface area is 94.7 Å². The molecule has 2 N–H and O–H groups in total. The van der Waals surface area contributed by atoms with Crippen LogP contribution in [0.25, 0.3) is 0 Å².